The summed E-state index contributed by atoms with van der Waals surface area (Å²) in [6.45, 7) is 3.36. The van der Waals surface area contributed by atoms with Crippen LogP contribution in [0.3, 0.4) is 0 Å². The van der Waals surface area contributed by atoms with Gasteiger partial charge in [-0.25, -0.2) is 0 Å². The first-order valence-electron chi connectivity index (χ1n) is 4.23. The van der Waals surface area contributed by atoms with Crippen LogP contribution in [-0.4, -0.2) is 18.9 Å². The number of hydrogen-bond donors (Lipinski definition) is 1. The molecule has 2 nitrogen and oxygen atoms in total. The van der Waals surface area contributed by atoms with Crippen molar-refractivity contribution in [3.8, 4) is 0 Å². The van der Waals surface area contributed by atoms with E-state index in [0.717, 1.165) is 17.8 Å². The Labute approximate surface area is 86.9 Å². The summed E-state index contributed by atoms with van der Waals surface area (Å²) >= 11 is 7.04. The van der Waals surface area contributed by atoms with E-state index in [9.17, 15) is 4.79 Å². The van der Waals surface area contributed by atoms with Gasteiger partial charge in [-0.2, -0.15) is 0 Å². The lowest BCUT2D eigenvalue weighted by Crippen LogP contribution is -2.22. The van der Waals surface area contributed by atoms with E-state index in [1.165, 1.54) is 11.3 Å². The van der Waals surface area contributed by atoms with Gasteiger partial charge in [0.2, 0.25) is 0 Å². The molecule has 1 rings (SSSR count). The summed E-state index contributed by atoms with van der Waals surface area (Å²) < 4.78 is 0.666. The average Bonchev–Trinajstić information content (AvgIpc) is 2.52. The Hall–Kier alpha value is -0.380. The first-order valence-corrected chi connectivity index (χ1v) is 5.42. The van der Waals surface area contributed by atoms with Crippen molar-refractivity contribution in [2.24, 2.45) is 0 Å². The van der Waals surface area contributed by atoms with E-state index in [1.807, 2.05) is 0 Å². The Morgan fingerprint density at radius 2 is 2.38 bits per heavy atom. The molecule has 0 saturated heterocycles. The van der Waals surface area contributed by atoms with Gasteiger partial charge in [-0.3, -0.25) is 4.79 Å². The third-order valence-electron chi connectivity index (χ3n) is 1.56. The van der Waals surface area contributed by atoms with Gasteiger partial charge in [0.05, 0.1) is 15.8 Å². The number of halogens is 1. The lowest BCUT2D eigenvalue weighted by molar-refractivity contribution is 0.0995. The minimum atomic E-state index is 0.116. The first kappa shape index (κ1) is 10.7. The average molecular weight is 218 g/mol. The lowest BCUT2D eigenvalue weighted by atomic mass is 10.3. The first-order chi connectivity index (χ1) is 6.24. The lowest BCUT2D eigenvalue weighted by Gasteiger charge is -1.99. The van der Waals surface area contributed by atoms with Gasteiger partial charge in [0, 0.05) is 0 Å². The van der Waals surface area contributed by atoms with Crippen LogP contribution >= 0.6 is 22.9 Å². The Morgan fingerprint density at radius 1 is 1.62 bits per heavy atom. The highest BCUT2D eigenvalue weighted by atomic mass is 35.5. The molecule has 0 amide bonds. The zero-order valence-corrected chi connectivity index (χ0v) is 9.04. The van der Waals surface area contributed by atoms with Gasteiger partial charge in [0.25, 0.3) is 0 Å². The Bertz CT molecular complexity index is 285. The largest absolute Gasteiger partial charge is 0.310 e. The molecule has 0 saturated carbocycles. The number of hydrogen-bond acceptors (Lipinski definition) is 3. The van der Waals surface area contributed by atoms with Crippen LogP contribution in [0.1, 0.15) is 23.0 Å². The molecule has 0 aliphatic carbocycles. The maximum Gasteiger partial charge on any atom is 0.186 e. The van der Waals surface area contributed by atoms with Crippen molar-refractivity contribution in [1.29, 1.82) is 0 Å². The van der Waals surface area contributed by atoms with Gasteiger partial charge in [-0.15, -0.1) is 11.3 Å². The van der Waals surface area contributed by atoms with Crippen LogP contribution < -0.4 is 5.32 Å². The van der Waals surface area contributed by atoms with E-state index >= 15 is 0 Å². The standard InChI is InChI=1S/C9H12ClNOS/c1-2-5-11-6-7(12)8-3-4-9(10)13-8/h3-4,11H,2,5-6H2,1H3. The number of ketones is 1. The predicted octanol–water partition coefficient (Wildman–Crippen LogP) is 2.58. The van der Waals surface area contributed by atoms with Crippen molar-refractivity contribution in [3.63, 3.8) is 0 Å². The molecule has 0 fully saturated rings. The van der Waals surface area contributed by atoms with Crippen LogP contribution in [0.25, 0.3) is 0 Å². The van der Waals surface area contributed by atoms with Crippen molar-refractivity contribution < 1.29 is 4.79 Å². The minimum absolute atomic E-state index is 0.116. The fourth-order valence-corrected chi connectivity index (χ4v) is 1.91. The second kappa shape index (κ2) is 5.37. The number of Topliss-reactive ketones (excluding diaryl/α,β-unsaturated/α-hetero) is 1. The molecule has 1 aromatic heterocycles. The van der Waals surface area contributed by atoms with Crippen molar-refractivity contribution >= 4 is 28.7 Å². The van der Waals surface area contributed by atoms with Gasteiger partial charge in [-0.1, -0.05) is 18.5 Å². The van der Waals surface area contributed by atoms with E-state index in [1.54, 1.807) is 12.1 Å². The molecule has 0 aliphatic rings. The monoisotopic (exact) mass is 217 g/mol. The summed E-state index contributed by atoms with van der Waals surface area (Å²) in [6, 6.07) is 3.52. The van der Waals surface area contributed by atoms with Gasteiger partial charge in [-0.05, 0) is 25.1 Å². The molecule has 4 heteroatoms. The SMILES string of the molecule is CCCNCC(=O)c1ccc(Cl)s1. The molecule has 13 heavy (non-hydrogen) atoms. The number of thiophene rings is 1. The van der Waals surface area contributed by atoms with Crippen molar-refractivity contribution in [3.05, 3.63) is 21.3 Å². The molecule has 0 spiro atoms. The van der Waals surface area contributed by atoms with Crippen LogP contribution in [0.4, 0.5) is 0 Å². The highest BCUT2D eigenvalue weighted by Gasteiger charge is 2.07. The number of rotatable bonds is 5. The highest BCUT2D eigenvalue weighted by molar-refractivity contribution is 7.18. The smallest absolute Gasteiger partial charge is 0.186 e. The van der Waals surface area contributed by atoms with E-state index in [0.29, 0.717) is 10.9 Å². The van der Waals surface area contributed by atoms with E-state index < -0.39 is 0 Å². The fourth-order valence-electron chi connectivity index (χ4n) is 0.930. The van der Waals surface area contributed by atoms with Crippen LogP contribution in [0.5, 0.6) is 0 Å². The molecule has 0 aliphatic heterocycles. The predicted molar refractivity (Wildman–Crippen MR) is 56.8 cm³/mol. The Morgan fingerprint density at radius 3 is 2.92 bits per heavy atom. The normalized spacial score (nSPS) is 10.3. The summed E-state index contributed by atoms with van der Waals surface area (Å²) in [5, 5.41) is 3.06. The van der Waals surface area contributed by atoms with Crippen LogP contribution in [0.2, 0.25) is 4.34 Å². The van der Waals surface area contributed by atoms with Crippen molar-refractivity contribution in [2.75, 3.05) is 13.1 Å². The van der Waals surface area contributed by atoms with Gasteiger partial charge in [0.1, 0.15) is 0 Å². The van der Waals surface area contributed by atoms with E-state index in [4.69, 9.17) is 11.6 Å². The maximum absolute atomic E-state index is 11.4. The van der Waals surface area contributed by atoms with Gasteiger partial charge in [0.15, 0.2) is 5.78 Å². The second-order valence-electron chi connectivity index (χ2n) is 2.70. The minimum Gasteiger partial charge on any atom is -0.310 e. The number of carbonyl (C=O) groups is 1. The molecule has 0 atom stereocenters. The molecule has 1 N–H and O–H groups in total. The molecule has 72 valence electrons. The summed E-state index contributed by atoms with van der Waals surface area (Å²) in [4.78, 5) is 12.2. The van der Waals surface area contributed by atoms with Crippen LogP contribution in [-0.2, 0) is 0 Å². The Balaban J connectivity index is 2.40. The molecule has 0 unspecified atom stereocenters. The summed E-state index contributed by atoms with van der Waals surface area (Å²) in [7, 11) is 0. The summed E-state index contributed by atoms with van der Waals surface area (Å²) in [5.74, 6) is 0.116. The van der Waals surface area contributed by atoms with E-state index in [-0.39, 0.29) is 5.78 Å². The van der Waals surface area contributed by atoms with Crippen molar-refractivity contribution in [1.82, 2.24) is 5.32 Å². The zero-order valence-electron chi connectivity index (χ0n) is 7.47. The van der Waals surface area contributed by atoms with Crippen molar-refractivity contribution in [2.45, 2.75) is 13.3 Å². The summed E-state index contributed by atoms with van der Waals surface area (Å²) in [6.07, 6.45) is 1.04. The van der Waals surface area contributed by atoms with Crippen LogP contribution in [0.15, 0.2) is 12.1 Å². The molecule has 0 bridgehead atoms. The maximum atomic E-state index is 11.4. The van der Waals surface area contributed by atoms with Gasteiger partial charge < -0.3 is 5.32 Å². The molecule has 0 radical (unpaired) electrons. The molecule has 1 heterocycles. The quantitative estimate of drug-likeness (QED) is 0.607. The number of carbonyl (C=O) groups excluding carboxylic acids is 1. The fraction of sp³-hybridized carbons (Fsp3) is 0.444. The molecule has 0 aromatic carbocycles. The van der Waals surface area contributed by atoms with Crippen LogP contribution in [0, 0.1) is 0 Å². The second-order valence-corrected chi connectivity index (χ2v) is 4.42. The topological polar surface area (TPSA) is 29.1 Å². The van der Waals surface area contributed by atoms with E-state index in [2.05, 4.69) is 12.2 Å². The zero-order chi connectivity index (χ0) is 9.68. The van der Waals surface area contributed by atoms with Gasteiger partial charge >= 0.3 is 0 Å². The molecule has 1 aromatic rings. The Kier molecular flexibility index (Phi) is 4.42. The number of nitrogens with one attached hydrogen (secondary N) is 1. The third-order valence-corrected chi connectivity index (χ3v) is 2.83. The third kappa shape index (κ3) is 3.46. The highest BCUT2D eigenvalue weighted by Crippen LogP contribution is 2.21. The summed E-state index contributed by atoms with van der Waals surface area (Å²) in [5.41, 5.74) is 0. The molecular formula is C9H12ClNOS. The molecular weight excluding hydrogens is 206 g/mol.